The lowest BCUT2D eigenvalue weighted by Gasteiger charge is -2.26. The Morgan fingerprint density at radius 2 is 1.51 bits per heavy atom. The van der Waals surface area contributed by atoms with Crippen LogP contribution < -0.4 is 19.1 Å². The minimum Gasteiger partial charge on any atom is -0.493 e. The number of amides is 1. The molecule has 3 aromatic carbocycles. The molecule has 0 aromatic heterocycles. The fraction of sp³-hybridized carbons (Fsp3) is 0.296. The molecule has 1 amide bonds. The van der Waals surface area contributed by atoms with Crippen LogP contribution in [0, 0.1) is 20.8 Å². The summed E-state index contributed by atoms with van der Waals surface area (Å²) in [7, 11) is -1.08. The van der Waals surface area contributed by atoms with Crippen molar-refractivity contribution in [2.75, 3.05) is 25.1 Å². The molecule has 0 saturated carbocycles. The SMILES string of the molecule is COc1ccc(N(CC(=O)NC(C)c2ccc(C)cc2C)S(=O)(=O)c2ccc(C)cc2)cc1OC. The number of nitrogens with one attached hydrogen (secondary N) is 1. The standard InChI is InChI=1S/C27H32N2O5S/c1-18-7-11-23(12-8-18)35(31,32)29(22-10-14-25(33-5)26(16-22)34-6)17-27(30)28-21(4)24-13-9-19(2)15-20(24)3/h7-16,21H,17H2,1-6H3,(H,28,30). The lowest BCUT2D eigenvalue weighted by Crippen LogP contribution is -2.41. The average molecular weight is 497 g/mol. The largest absolute Gasteiger partial charge is 0.493 e. The van der Waals surface area contributed by atoms with Gasteiger partial charge in [0.1, 0.15) is 6.54 Å². The van der Waals surface area contributed by atoms with E-state index in [1.54, 1.807) is 30.3 Å². The number of carbonyl (C=O) groups is 1. The van der Waals surface area contributed by atoms with E-state index in [1.807, 2.05) is 39.8 Å². The van der Waals surface area contributed by atoms with E-state index in [-0.39, 0.29) is 16.6 Å². The van der Waals surface area contributed by atoms with E-state index in [1.165, 1.54) is 26.4 Å². The summed E-state index contributed by atoms with van der Waals surface area (Å²) < 4.78 is 39.0. The predicted molar refractivity (Wildman–Crippen MR) is 138 cm³/mol. The minimum absolute atomic E-state index is 0.0908. The number of hydrogen-bond donors (Lipinski definition) is 1. The van der Waals surface area contributed by atoms with Gasteiger partial charge < -0.3 is 14.8 Å². The maximum atomic E-state index is 13.7. The summed E-state index contributed by atoms with van der Waals surface area (Å²) in [5.41, 5.74) is 4.39. The van der Waals surface area contributed by atoms with Crippen LogP contribution in [-0.2, 0) is 14.8 Å². The summed E-state index contributed by atoms with van der Waals surface area (Å²) in [6.45, 7) is 7.36. The summed E-state index contributed by atoms with van der Waals surface area (Å²) >= 11 is 0. The zero-order valence-electron chi connectivity index (χ0n) is 21.0. The highest BCUT2D eigenvalue weighted by Crippen LogP contribution is 2.34. The van der Waals surface area contributed by atoms with Crippen LogP contribution in [0.25, 0.3) is 0 Å². The van der Waals surface area contributed by atoms with Gasteiger partial charge in [-0.2, -0.15) is 0 Å². The van der Waals surface area contributed by atoms with Crippen molar-refractivity contribution in [2.45, 2.75) is 38.6 Å². The first-order valence-corrected chi connectivity index (χ1v) is 12.7. The normalized spacial score (nSPS) is 12.1. The van der Waals surface area contributed by atoms with E-state index >= 15 is 0 Å². The third-order valence-corrected chi connectivity index (χ3v) is 7.61. The third-order valence-electron chi connectivity index (χ3n) is 5.82. The predicted octanol–water partition coefficient (Wildman–Crippen LogP) is 4.70. The summed E-state index contributed by atoms with van der Waals surface area (Å²) in [5.74, 6) is 0.387. The van der Waals surface area contributed by atoms with Gasteiger partial charge in [0.2, 0.25) is 5.91 Å². The van der Waals surface area contributed by atoms with Gasteiger partial charge in [-0.1, -0.05) is 41.5 Å². The molecule has 0 aliphatic heterocycles. The van der Waals surface area contributed by atoms with E-state index in [9.17, 15) is 13.2 Å². The maximum absolute atomic E-state index is 13.7. The molecule has 0 radical (unpaired) electrons. The van der Waals surface area contributed by atoms with Crippen LogP contribution in [-0.4, -0.2) is 35.1 Å². The van der Waals surface area contributed by atoms with Gasteiger partial charge in [0, 0.05) is 6.07 Å². The molecule has 1 atom stereocenters. The third kappa shape index (κ3) is 5.95. The zero-order chi connectivity index (χ0) is 25.8. The number of hydrogen-bond acceptors (Lipinski definition) is 5. The van der Waals surface area contributed by atoms with Crippen LogP contribution >= 0.6 is 0 Å². The molecule has 0 spiro atoms. The molecule has 7 nitrogen and oxygen atoms in total. The van der Waals surface area contributed by atoms with Gasteiger partial charge in [0.25, 0.3) is 10.0 Å². The molecule has 3 aromatic rings. The van der Waals surface area contributed by atoms with Crippen LogP contribution in [0.2, 0.25) is 0 Å². The van der Waals surface area contributed by atoms with Crippen molar-refractivity contribution in [3.63, 3.8) is 0 Å². The van der Waals surface area contributed by atoms with Crippen molar-refractivity contribution >= 4 is 21.6 Å². The van der Waals surface area contributed by atoms with Gasteiger partial charge >= 0.3 is 0 Å². The first-order chi connectivity index (χ1) is 16.6. The second kappa shape index (κ2) is 10.8. The number of ether oxygens (including phenoxy) is 2. The highest BCUT2D eigenvalue weighted by atomic mass is 32.2. The van der Waals surface area contributed by atoms with Crippen molar-refractivity contribution in [3.8, 4) is 11.5 Å². The van der Waals surface area contributed by atoms with Gasteiger partial charge in [-0.3, -0.25) is 9.10 Å². The molecular weight excluding hydrogens is 464 g/mol. The Kier molecular flexibility index (Phi) is 8.07. The Morgan fingerprint density at radius 3 is 2.11 bits per heavy atom. The van der Waals surface area contributed by atoms with Crippen molar-refractivity contribution in [1.82, 2.24) is 5.32 Å². The van der Waals surface area contributed by atoms with Crippen LogP contribution in [0.1, 0.15) is 35.2 Å². The van der Waals surface area contributed by atoms with E-state index in [0.29, 0.717) is 11.5 Å². The molecule has 1 unspecified atom stereocenters. The summed E-state index contributed by atoms with van der Waals surface area (Å²) in [6.07, 6.45) is 0. The second-order valence-corrected chi connectivity index (χ2v) is 10.4. The van der Waals surface area contributed by atoms with Crippen molar-refractivity contribution in [1.29, 1.82) is 0 Å². The van der Waals surface area contributed by atoms with Gasteiger partial charge in [0.05, 0.1) is 30.8 Å². The van der Waals surface area contributed by atoms with Gasteiger partial charge in [-0.25, -0.2) is 8.42 Å². The molecule has 1 N–H and O–H groups in total. The lowest BCUT2D eigenvalue weighted by atomic mass is 10.0. The van der Waals surface area contributed by atoms with Crippen LogP contribution in [0.3, 0.4) is 0 Å². The molecule has 0 saturated heterocycles. The molecule has 0 fully saturated rings. The summed E-state index contributed by atoms with van der Waals surface area (Å²) in [4.78, 5) is 13.2. The highest BCUT2D eigenvalue weighted by Gasteiger charge is 2.28. The molecular formula is C27H32N2O5S. The number of anilines is 1. The number of methoxy groups -OCH3 is 2. The number of aryl methyl sites for hydroxylation is 3. The number of nitrogens with zero attached hydrogens (tertiary/aromatic N) is 1. The summed E-state index contributed by atoms with van der Waals surface area (Å²) in [6, 6.07) is 17.0. The smallest absolute Gasteiger partial charge is 0.264 e. The Morgan fingerprint density at radius 1 is 0.886 bits per heavy atom. The number of carbonyl (C=O) groups excluding carboxylic acids is 1. The first kappa shape index (κ1) is 26.1. The van der Waals surface area contributed by atoms with E-state index in [2.05, 4.69) is 11.4 Å². The molecule has 3 rings (SSSR count). The highest BCUT2D eigenvalue weighted by molar-refractivity contribution is 7.92. The maximum Gasteiger partial charge on any atom is 0.264 e. The Hall–Kier alpha value is -3.52. The zero-order valence-corrected chi connectivity index (χ0v) is 21.8. The lowest BCUT2D eigenvalue weighted by molar-refractivity contribution is -0.120. The van der Waals surface area contributed by atoms with Crippen LogP contribution in [0.5, 0.6) is 11.5 Å². The molecule has 186 valence electrons. The minimum atomic E-state index is -4.05. The van der Waals surface area contributed by atoms with Gasteiger partial charge in [-0.05, 0) is 63.1 Å². The van der Waals surface area contributed by atoms with E-state index < -0.39 is 22.5 Å². The van der Waals surface area contributed by atoms with Crippen molar-refractivity contribution in [3.05, 3.63) is 82.9 Å². The van der Waals surface area contributed by atoms with Crippen LogP contribution in [0.15, 0.2) is 65.6 Å². The number of rotatable bonds is 9. The second-order valence-electron chi connectivity index (χ2n) is 8.51. The van der Waals surface area contributed by atoms with Gasteiger partial charge in [0.15, 0.2) is 11.5 Å². The van der Waals surface area contributed by atoms with E-state index in [4.69, 9.17) is 9.47 Å². The number of sulfonamides is 1. The first-order valence-electron chi connectivity index (χ1n) is 11.2. The molecule has 0 bridgehead atoms. The Balaban J connectivity index is 1.96. The van der Waals surface area contributed by atoms with Gasteiger partial charge in [-0.15, -0.1) is 0 Å². The Bertz CT molecular complexity index is 1300. The Labute approximate surface area is 207 Å². The van der Waals surface area contributed by atoms with E-state index in [0.717, 1.165) is 26.6 Å². The van der Waals surface area contributed by atoms with Crippen molar-refractivity contribution < 1.29 is 22.7 Å². The van der Waals surface area contributed by atoms with Crippen molar-refractivity contribution in [2.24, 2.45) is 0 Å². The molecule has 8 heteroatoms. The fourth-order valence-corrected chi connectivity index (χ4v) is 5.35. The monoisotopic (exact) mass is 496 g/mol. The quantitative estimate of drug-likeness (QED) is 0.464. The molecule has 0 aliphatic carbocycles. The molecule has 0 aliphatic rings. The molecule has 0 heterocycles. The number of benzene rings is 3. The average Bonchev–Trinajstić information content (AvgIpc) is 2.82. The molecule has 35 heavy (non-hydrogen) atoms. The fourth-order valence-electron chi connectivity index (χ4n) is 3.94. The van der Waals surface area contributed by atoms with Crippen LogP contribution in [0.4, 0.5) is 5.69 Å². The summed E-state index contributed by atoms with van der Waals surface area (Å²) in [5, 5.41) is 2.94. The topological polar surface area (TPSA) is 84.9 Å².